The van der Waals surface area contributed by atoms with Crippen LogP contribution in [0.5, 0.6) is 0 Å². The fraction of sp³-hybridized carbons (Fsp3) is 0.500. The van der Waals surface area contributed by atoms with Crippen LogP contribution in [-0.2, 0) is 20.2 Å². The maximum atomic E-state index is 12.7. The quantitative estimate of drug-likeness (QED) is 0.680. The lowest BCUT2D eigenvalue weighted by Crippen LogP contribution is -2.48. The van der Waals surface area contributed by atoms with Gasteiger partial charge >= 0.3 is 0 Å². The standard InChI is InChI=1S/C26H32N2O3S/c1-18-3-9-24(10-4-18)28(32(2,30)31)17-25(29)27-23-7-5-22(6-8-23)26-14-19-11-20(15-26)13-21(12-19)16-26/h3-10,19-21H,11-17H2,1-2H3,(H,27,29). The third-order valence-corrected chi connectivity index (χ3v) is 8.97. The Hall–Kier alpha value is -2.34. The Kier molecular flexibility index (Phi) is 5.31. The summed E-state index contributed by atoms with van der Waals surface area (Å²) in [6, 6.07) is 15.4. The summed E-state index contributed by atoms with van der Waals surface area (Å²) in [5, 5.41) is 2.88. The lowest BCUT2D eigenvalue weighted by atomic mass is 9.48. The molecule has 0 unspecified atom stereocenters. The van der Waals surface area contributed by atoms with Gasteiger partial charge < -0.3 is 5.32 Å². The first kappa shape index (κ1) is 21.5. The van der Waals surface area contributed by atoms with Gasteiger partial charge in [0.2, 0.25) is 15.9 Å². The Balaban J connectivity index is 1.28. The van der Waals surface area contributed by atoms with Crippen molar-refractivity contribution < 1.29 is 13.2 Å². The molecule has 5 nitrogen and oxygen atoms in total. The molecule has 6 rings (SSSR count). The fourth-order valence-electron chi connectivity index (χ4n) is 6.81. The second kappa shape index (κ2) is 7.91. The smallest absolute Gasteiger partial charge is 0.245 e. The molecule has 0 aliphatic heterocycles. The molecule has 2 aromatic carbocycles. The number of rotatable bonds is 6. The van der Waals surface area contributed by atoms with Gasteiger partial charge in [0.1, 0.15) is 6.54 Å². The Morgan fingerprint density at radius 1 is 0.938 bits per heavy atom. The zero-order chi connectivity index (χ0) is 22.5. The van der Waals surface area contributed by atoms with Gasteiger partial charge in [0, 0.05) is 5.69 Å². The van der Waals surface area contributed by atoms with E-state index in [1.165, 1.54) is 44.1 Å². The average Bonchev–Trinajstić information content (AvgIpc) is 2.71. The number of sulfonamides is 1. The van der Waals surface area contributed by atoms with Crippen LogP contribution in [0.4, 0.5) is 11.4 Å². The lowest BCUT2D eigenvalue weighted by Gasteiger charge is -2.57. The van der Waals surface area contributed by atoms with E-state index in [2.05, 4.69) is 17.4 Å². The molecular formula is C26H32N2O3S. The Bertz CT molecular complexity index is 1070. The molecule has 2 aromatic rings. The molecule has 170 valence electrons. The van der Waals surface area contributed by atoms with Crippen molar-refractivity contribution in [3.8, 4) is 0 Å². The van der Waals surface area contributed by atoms with Crippen molar-refractivity contribution in [3.63, 3.8) is 0 Å². The number of nitrogens with zero attached hydrogens (tertiary/aromatic N) is 1. The SMILES string of the molecule is Cc1ccc(N(CC(=O)Nc2ccc(C34CC5CC(CC(C5)C3)C4)cc2)S(C)(=O)=O)cc1. The number of hydrogen-bond donors (Lipinski definition) is 1. The summed E-state index contributed by atoms with van der Waals surface area (Å²) < 4.78 is 25.7. The second-order valence-electron chi connectivity index (χ2n) is 10.4. The number of hydrogen-bond acceptors (Lipinski definition) is 3. The summed E-state index contributed by atoms with van der Waals surface area (Å²) in [7, 11) is -3.58. The van der Waals surface area contributed by atoms with Crippen LogP contribution in [0.1, 0.15) is 49.7 Å². The van der Waals surface area contributed by atoms with Crippen molar-refractivity contribution in [2.24, 2.45) is 17.8 Å². The van der Waals surface area contributed by atoms with Crippen LogP contribution in [0.2, 0.25) is 0 Å². The van der Waals surface area contributed by atoms with Gasteiger partial charge in [0.15, 0.2) is 0 Å². The van der Waals surface area contributed by atoms with Crippen molar-refractivity contribution in [3.05, 3.63) is 59.7 Å². The molecule has 32 heavy (non-hydrogen) atoms. The fourth-order valence-corrected chi connectivity index (χ4v) is 7.67. The molecule has 0 aromatic heterocycles. The summed E-state index contributed by atoms with van der Waals surface area (Å²) in [6.45, 7) is 1.69. The van der Waals surface area contributed by atoms with Crippen LogP contribution in [0.25, 0.3) is 0 Å². The highest BCUT2D eigenvalue weighted by molar-refractivity contribution is 7.92. The normalized spacial score (nSPS) is 28.5. The molecule has 4 aliphatic carbocycles. The molecule has 0 spiro atoms. The zero-order valence-corrected chi connectivity index (χ0v) is 19.7. The van der Waals surface area contributed by atoms with Gasteiger partial charge in [-0.1, -0.05) is 29.8 Å². The van der Waals surface area contributed by atoms with E-state index in [1.54, 1.807) is 12.1 Å². The number of benzene rings is 2. The van der Waals surface area contributed by atoms with E-state index < -0.39 is 10.0 Å². The van der Waals surface area contributed by atoms with Crippen molar-refractivity contribution in [1.82, 2.24) is 0 Å². The summed E-state index contributed by atoms with van der Waals surface area (Å²) >= 11 is 0. The highest BCUT2D eigenvalue weighted by Crippen LogP contribution is 2.60. The first-order valence-corrected chi connectivity index (χ1v) is 13.5. The highest BCUT2D eigenvalue weighted by Gasteiger charge is 2.51. The Morgan fingerprint density at radius 2 is 1.47 bits per heavy atom. The van der Waals surface area contributed by atoms with E-state index >= 15 is 0 Å². The van der Waals surface area contributed by atoms with Crippen LogP contribution in [0, 0.1) is 24.7 Å². The average molecular weight is 453 g/mol. The number of carbonyl (C=O) groups excluding carboxylic acids is 1. The Labute approximate surface area is 191 Å². The number of carbonyl (C=O) groups is 1. The lowest BCUT2D eigenvalue weighted by molar-refractivity contribution is -0.114. The predicted octanol–water partition coefficient (Wildman–Crippen LogP) is 4.87. The molecule has 1 N–H and O–H groups in total. The largest absolute Gasteiger partial charge is 0.325 e. The van der Waals surface area contributed by atoms with E-state index in [-0.39, 0.29) is 12.5 Å². The molecular weight excluding hydrogens is 420 g/mol. The predicted molar refractivity (Wildman–Crippen MR) is 128 cm³/mol. The number of anilines is 2. The molecule has 0 atom stereocenters. The van der Waals surface area contributed by atoms with Crippen LogP contribution < -0.4 is 9.62 Å². The molecule has 4 fully saturated rings. The zero-order valence-electron chi connectivity index (χ0n) is 18.9. The van der Waals surface area contributed by atoms with Crippen molar-refractivity contribution in [2.75, 3.05) is 22.4 Å². The maximum Gasteiger partial charge on any atom is 0.245 e. The third-order valence-electron chi connectivity index (χ3n) is 7.83. The van der Waals surface area contributed by atoms with Gasteiger partial charge in [0.05, 0.1) is 11.9 Å². The summed E-state index contributed by atoms with van der Waals surface area (Å²) in [4.78, 5) is 12.7. The molecule has 1 amide bonds. The third kappa shape index (κ3) is 4.17. The molecule has 6 heteroatoms. The van der Waals surface area contributed by atoms with E-state index in [4.69, 9.17) is 0 Å². The molecule has 0 radical (unpaired) electrons. The summed E-state index contributed by atoms with van der Waals surface area (Å²) in [5.41, 5.74) is 3.97. The van der Waals surface area contributed by atoms with Gasteiger partial charge in [-0.25, -0.2) is 8.42 Å². The molecule has 4 bridgehead atoms. The van der Waals surface area contributed by atoms with Gasteiger partial charge in [-0.2, -0.15) is 0 Å². The van der Waals surface area contributed by atoms with Crippen LogP contribution in [0.15, 0.2) is 48.5 Å². The van der Waals surface area contributed by atoms with Gasteiger partial charge in [-0.05, 0) is 98.4 Å². The first-order valence-electron chi connectivity index (χ1n) is 11.6. The van der Waals surface area contributed by atoms with E-state index in [0.717, 1.165) is 33.9 Å². The van der Waals surface area contributed by atoms with Gasteiger partial charge in [0.25, 0.3) is 0 Å². The molecule has 0 saturated heterocycles. The van der Waals surface area contributed by atoms with E-state index in [9.17, 15) is 13.2 Å². The number of nitrogens with one attached hydrogen (secondary N) is 1. The topological polar surface area (TPSA) is 66.5 Å². The molecule has 0 heterocycles. The van der Waals surface area contributed by atoms with Crippen LogP contribution >= 0.6 is 0 Å². The van der Waals surface area contributed by atoms with Crippen molar-refractivity contribution in [2.45, 2.75) is 50.9 Å². The van der Waals surface area contributed by atoms with Crippen LogP contribution in [0.3, 0.4) is 0 Å². The van der Waals surface area contributed by atoms with E-state index in [0.29, 0.717) is 16.8 Å². The minimum atomic E-state index is -3.58. The second-order valence-corrected chi connectivity index (χ2v) is 12.3. The van der Waals surface area contributed by atoms with Crippen molar-refractivity contribution in [1.29, 1.82) is 0 Å². The highest BCUT2D eigenvalue weighted by atomic mass is 32.2. The van der Waals surface area contributed by atoms with Crippen molar-refractivity contribution >= 4 is 27.3 Å². The summed E-state index contributed by atoms with van der Waals surface area (Å²) in [6.07, 6.45) is 9.32. The minimum absolute atomic E-state index is 0.251. The van der Waals surface area contributed by atoms with Gasteiger partial charge in [-0.15, -0.1) is 0 Å². The Morgan fingerprint density at radius 3 is 1.97 bits per heavy atom. The number of aryl methyl sites for hydroxylation is 1. The molecule has 4 saturated carbocycles. The minimum Gasteiger partial charge on any atom is -0.325 e. The number of amides is 1. The van der Waals surface area contributed by atoms with E-state index in [1.807, 2.05) is 31.2 Å². The summed E-state index contributed by atoms with van der Waals surface area (Å²) in [5.74, 6) is 2.33. The first-order chi connectivity index (χ1) is 15.2. The van der Waals surface area contributed by atoms with Gasteiger partial charge in [-0.3, -0.25) is 9.10 Å². The molecule has 4 aliphatic rings. The van der Waals surface area contributed by atoms with Crippen LogP contribution in [-0.4, -0.2) is 27.1 Å². The maximum absolute atomic E-state index is 12.7. The monoisotopic (exact) mass is 452 g/mol.